The highest BCUT2D eigenvalue weighted by Gasteiger charge is 2.27. The molecule has 1 atom stereocenters. The zero-order valence-electron chi connectivity index (χ0n) is 13.5. The number of hydrogen-bond donors (Lipinski definition) is 2. The molecule has 23 heavy (non-hydrogen) atoms. The Hall–Kier alpha value is -1.64. The number of benzene rings is 1. The van der Waals surface area contributed by atoms with Gasteiger partial charge in [0.1, 0.15) is 0 Å². The van der Waals surface area contributed by atoms with Gasteiger partial charge >= 0.3 is 0 Å². The van der Waals surface area contributed by atoms with E-state index >= 15 is 0 Å². The average molecular weight is 340 g/mol. The van der Waals surface area contributed by atoms with Crippen LogP contribution in [0.1, 0.15) is 13.8 Å². The molecule has 1 heterocycles. The summed E-state index contributed by atoms with van der Waals surface area (Å²) in [6.07, 6.45) is 0. The van der Waals surface area contributed by atoms with Crippen molar-refractivity contribution >= 4 is 21.6 Å². The smallest absolute Gasteiger partial charge is 0.239 e. The summed E-state index contributed by atoms with van der Waals surface area (Å²) < 4.78 is 22.5. The third kappa shape index (κ3) is 4.21. The molecule has 0 aliphatic carbocycles. The van der Waals surface area contributed by atoms with E-state index in [4.69, 9.17) is 10.9 Å². The third-order valence-corrected chi connectivity index (χ3v) is 5.05. The minimum Gasteiger partial charge on any atom is -0.368 e. The van der Waals surface area contributed by atoms with Gasteiger partial charge in [-0.1, -0.05) is 13.8 Å². The normalized spacial score (nSPS) is 17.4. The largest absolute Gasteiger partial charge is 0.368 e. The molecule has 1 aliphatic heterocycles. The molecule has 0 saturated carbocycles. The Balaban J connectivity index is 1.98. The third-order valence-electron chi connectivity index (χ3n) is 4.13. The maximum Gasteiger partial charge on any atom is 0.239 e. The van der Waals surface area contributed by atoms with Gasteiger partial charge in [-0.25, -0.2) is 13.6 Å². The van der Waals surface area contributed by atoms with Gasteiger partial charge in [0, 0.05) is 31.9 Å². The summed E-state index contributed by atoms with van der Waals surface area (Å²) >= 11 is 0. The number of amides is 1. The van der Waals surface area contributed by atoms with E-state index in [1.807, 2.05) is 13.8 Å². The van der Waals surface area contributed by atoms with Crippen molar-refractivity contribution in [1.29, 1.82) is 0 Å². The zero-order chi connectivity index (χ0) is 17.2. The quantitative estimate of drug-likeness (QED) is 0.799. The standard InChI is InChI=1S/C15H24N4O3S/c1-11(2)14(16)15(20)19-9-7-18(8-10-19)12-3-5-13(6-4-12)23(17,21)22/h3-6,11,14H,7-10,16H2,1-2H3,(H2,17,21,22)/t14-/m0/s1. The highest BCUT2D eigenvalue weighted by Crippen LogP contribution is 2.19. The molecule has 1 amide bonds. The monoisotopic (exact) mass is 340 g/mol. The van der Waals surface area contributed by atoms with Crippen LogP contribution in [0.4, 0.5) is 5.69 Å². The van der Waals surface area contributed by atoms with E-state index in [0.29, 0.717) is 26.2 Å². The molecule has 0 radical (unpaired) electrons. The van der Waals surface area contributed by atoms with E-state index in [-0.39, 0.29) is 16.7 Å². The van der Waals surface area contributed by atoms with Gasteiger partial charge in [-0.05, 0) is 30.2 Å². The summed E-state index contributed by atoms with van der Waals surface area (Å²) in [5.74, 6) is 0.107. The van der Waals surface area contributed by atoms with Crippen molar-refractivity contribution in [3.05, 3.63) is 24.3 Å². The molecule has 1 aromatic rings. The first-order valence-electron chi connectivity index (χ1n) is 7.62. The van der Waals surface area contributed by atoms with Gasteiger partial charge in [0.15, 0.2) is 0 Å². The molecule has 2 rings (SSSR count). The first-order chi connectivity index (χ1) is 10.7. The summed E-state index contributed by atoms with van der Waals surface area (Å²) in [6, 6.07) is 6.00. The molecule has 1 aliphatic rings. The van der Waals surface area contributed by atoms with Crippen LogP contribution in [0.2, 0.25) is 0 Å². The van der Waals surface area contributed by atoms with Gasteiger partial charge < -0.3 is 15.5 Å². The second-order valence-electron chi connectivity index (χ2n) is 6.12. The van der Waals surface area contributed by atoms with Gasteiger partial charge in [0.05, 0.1) is 10.9 Å². The first kappa shape index (κ1) is 17.7. The predicted molar refractivity (Wildman–Crippen MR) is 89.4 cm³/mol. The van der Waals surface area contributed by atoms with Crippen LogP contribution in [0, 0.1) is 5.92 Å². The summed E-state index contributed by atoms with van der Waals surface area (Å²) in [6.45, 7) is 6.46. The Labute approximate surface area is 137 Å². The van der Waals surface area contributed by atoms with Crippen molar-refractivity contribution in [1.82, 2.24) is 4.90 Å². The molecule has 0 spiro atoms. The van der Waals surface area contributed by atoms with Crippen molar-refractivity contribution in [2.45, 2.75) is 24.8 Å². The Morgan fingerprint density at radius 3 is 2.04 bits per heavy atom. The Morgan fingerprint density at radius 1 is 1.09 bits per heavy atom. The first-order valence-corrected chi connectivity index (χ1v) is 9.17. The molecule has 0 aromatic heterocycles. The molecular formula is C15H24N4O3S. The van der Waals surface area contributed by atoms with Gasteiger partial charge in [0.25, 0.3) is 0 Å². The number of carbonyl (C=O) groups is 1. The summed E-state index contributed by atoms with van der Waals surface area (Å²) in [4.78, 5) is 16.2. The van der Waals surface area contributed by atoms with Gasteiger partial charge in [-0.15, -0.1) is 0 Å². The maximum atomic E-state index is 12.2. The number of primary sulfonamides is 1. The van der Waals surface area contributed by atoms with Crippen LogP contribution in [0.5, 0.6) is 0 Å². The van der Waals surface area contributed by atoms with E-state index in [2.05, 4.69) is 4.90 Å². The minimum atomic E-state index is -3.67. The highest BCUT2D eigenvalue weighted by atomic mass is 32.2. The van der Waals surface area contributed by atoms with Crippen LogP contribution in [0.25, 0.3) is 0 Å². The van der Waals surface area contributed by atoms with E-state index in [1.165, 1.54) is 12.1 Å². The Kier molecular flexibility index (Phi) is 5.28. The van der Waals surface area contributed by atoms with Crippen LogP contribution in [0.3, 0.4) is 0 Å². The fraction of sp³-hybridized carbons (Fsp3) is 0.533. The maximum absolute atomic E-state index is 12.2. The zero-order valence-corrected chi connectivity index (χ0v) is 14.3. The van der Waals surface area contributed by atoms with Gasteiger partial charge in [-0.2, -0.15) is 0 Å². The minimum absolute atomic E-state index is 0.00998. The molecule has 4 N–H and O–H groups in total. The molecule has 0 bridgehead atoms. The number of nitrogens with zero attached hydrogens (tertiary/aromatic N) is 2. The molecular weight excluding hydrogens is 316 g/mol. The van der Waals surface area contributed by atoms with Crippen LogP contribution in [-0.2, 0) is 14.8 Å². The van der Waals surface area contributed by atoms with Crippen LogP contribution >= 0.6 is 0 Å². The lowest BCUT2D eigenvalue weighted by atomic mass is 10.0. The topological polar surface area (TPSA) is 110 Å². The number of nitrogens with two attached hydrogens (primary N) is 2. The van der Waals surface area contributed by atoms with Crippen LogP contribution in [0.15, 0.2) is 29.2 Å². The molecule has 7 nitrogen and oxygen atoms in total. The van der Waals surface area contributed by atoms with Gasteiger partial charge in [0.2, 0.25) is 15.9 Å². The van der Waals surface area contributed by atoms with Crippen molar-refractivity contribution in [3.63, 3.8) is 0 Å². The number of hydrogen-bond acceptors (Lipinski definition) is 5. The molecule has 1 fully saturated rings. The lowest BCUT2D eigenvalue weighted by Gasteiger charge is -2.37. The second kappa shape index (κ2) is 6.86. The second-order valence-corrected chi connectivity index (χ2v) is 7.68. The van der Waals surface area contributed by atoms with E-state index < -0.39 is 16.1 Å². The number of sulfonamides is 1. The average Bonchev–Trinajstić information content (AvgIpc) is 2.53. The van der Waals surface area contributed by atoms with Gasteiger partial charge in [-0.3, -0.25) is 4.79 Å². The van der Waals surface area contributed by atoms with E-state index in [1.54, 1.807) is 17.0 Å². The van der Waals surface area contributed by atoms with Crippen molar-refractivity contribution in [2.75, 3.05) is 31.1 Å². The fourth-order valence-corrected chi connectivity index (χ4v) is 3.04. The molecule has 0 unspecified atom stereocenters. The lowest BCUT2D eigenvalue weighted by Crippen LogP contribution is -2.54. The van der Waals surface area contributed by atoms with E-state index in [0.717, 1.165) is 5.69 Å². The molecule has 8 heteroatoms. The van der Waals surface area contributed by atoms with Crippen LogP contribution < -0.4 is 15.8 Å². The molecule has 128 valence electrons. The van der Waals surface area contributed by atoms with Crippen molar-refractivity contribution in [3.8, 4) is 0 Å². The highest BCUT2D eigenvalue weighted by molar-refractivity contribution is 7.89. The molecule has 1 aromatic carbocycles. The predicted octanol–water partition coefficient (Wildman–Crippen LogP) is -0.0341. The van der Waals surface area contributed by atoms with Crippen molar-refractivity contribution < 1.29 is 13.2 Å². The number of anilines is 1. The number of piperazine rings is 1. The van der Waals surface area contributed by atoms with Crippen molar-refractivity contribution in [2.24, 2.45) is 16.8 Å². The van der Waals surface area contributed by atoms with E-state index in [9.17, 15) is 13.2 Å². The fourth-order valence-electron chi connectivity index (χ4n) is 2.53. The summed E-state index contributed by atoms with van der Waals surface area (Å²) in [5.41, 5.74) is 6.83. The summed E-state index contributed by atoms with van der Waals surface area (Å²) in [5, 5.41) is 5.09. The SMILES string of the molecule is CC(C)[C@H](N)C(=O)N1CCN(c2ccc(S(N)(=O)=O)cc2)CC1. The number of carbonyl (C=O) groups excluding carboxylic acids is 1. The Bertz CT molecular complexity index is 650. The molecule has 1 saturated heterocycles. The number of rotatable bonds is 4. The Morgan fingerprint density at radius 2 is 1.61 bits per heavy atom. The van der Waals surface area contributed by atoms with Crippen LogP contribution in [-0.4, -0.2) is 51.4 Å². The lowest BCUT2D eigenvalue weighted by molar-refractivity contribution is -0.133. The summed E-state index contributed by atoms with van der Waals surface area (Å²) in [7, 11) is -3.67.